The lowest BCUT2D eigenvalue weighted by Crippen LogP contribution is -2.66. The van der Waals surface area contributed by atoms with Crippen LogP contribution in [0.4, 0.5) is 0 Å². The van der Waals surface area contributed by atoms with Crippen molar-refractivity contribution in [3.05, 3.63) is 59.1 Å². The standard InChI is InChI=1S/C18H19ClN2/c19-15-7-5-13(6-8-15)18-4-2-1-3-14(18)10-21-11-16-9-17(12-21)20-16/h1-8,16-17,20H,9-12H2. The first-order chi connectivity index (χ1) is 10.3. The fraction of sp³-hybridized carbons (Fsp3) is 0.333. The van der Waals surface area contributed by atoms with Crippen molar-refractivity contribution in [2.45, 2.75) is 25.0 Å². The van der Waals surface area contributed by atoms with Gasteiger partial charge in [0.2, 0.25) is 0 Å². The van der Waals surface area contributed by atoms with E-state index in [2.05, 4.69) is 46.6 Å². The van der Waals surface area contributed by atoms with Crippen molar-refractivity contribution >= 4 is 11.6 Å². The van der Waals surface area contributed by atoms with E-state index in [-0.39, 0.29) is 0 Å². The number of benzene rings is 2. The van der Waals surface area contributed by atoms with Crippen LogP contribution in [0.2, 0.25) is 5.02 Å². The third-order valence-corrected chi connectivity index (χ3v) is 4.82. The smallest absolute Gasteiger partial charge is 0.0406 e. The topological polar surface area (TPSA) is 15.3 Å². The average Bonchev–Trinajstić information content (AvgIpc) is 2.48. The predicted octanol–water partition coefficient (Wildman–Crippen LogP) is 3.55. The van der Waals surface area contributed by atoms with Gasteiger partial charge >= 0.3 is 0 Å². The molecule has 0 amide bonds. The molecule has 1 N–H and O–H groups in total. The maximum absolute atomic E-state index is 6.00. The van der Waals surface area contributed by atoms with Gasteiger partial charge in [-0.25, -0.2) is 0 Å². The SMILES string of the molecule is Clc1ccc(-c2ccccc2CN2CC3CC(C2)N3)cc1. The second kappa shape index (κ2) is 5.45. The highest BCUT2D eigenvalue weighted by atomic mass is 35.5. The highest BCUT2D eigenvalue weighted by Gasteiger charge is 2.36. The lowest BCUT2D eigenvalue weighted by molar-refractivity contribution is 0.0727. The zero-order valence-electron chi connectivity index (χ0n) is 11.9. The summed E-state index contributed by atoms with van der Waals surface area (Å²) in [5.74, 6) is 0. The van der Waals surface area contributed by atoms with Gasteiger partial charge in [-0.1, -0.05) is 48.0 Å². The Morgan fingerprint density at radius 1 is 1.00 bits per heavy atom. The molecule has 0 aliphatic carbocycles. The van der Waals surface area contributed by atoms with Gasteiger partial charge in [0, 0.05) is 36.7 Å². The molecule has 3 aliphatic heterocycles. The first kappa shape index (κ1) is 13.3. The summed E-state index contributed by atoms with van der Waals surface area (Å²) in [6, 6.07) is 18.3. The molecule has 3 saturated heterocycles. The van der Waals surface area contributed by atoms with E-state index in [0.29, 0.717) is 12.1 Å². The molecule has 0 saturated carbocycles. The molecule has 3 heteroatoms. The minimum absolute atomic E-state index is 0.714. The van der Waals surface area contributed by atoms with E-state index in [1.165, 1.54) is 36.2 Å². The van der Waals surface area contributed by atoms with E-state index in [4.69, 9.17) is 11.6 Å². The number of fused-ring (bicyclic) bond motifs is 2. The van der Waals surface area contributed by atoms with E-state index in [1.54, 1.807) is 0 Å². The predicted molar refractivity (Wildman–Crippen MR) is 87.5 cm³/mol. The van der Waals surface area contributed by atoms with Crippen LogP contribution in [0.1, 0.15) is 12.0 Å². The number of nitrogens with one attached hydrogen (secondary N) is 1. The number of hydrogen-bond acceptors (Lipinski definition) is 2. The van der Waals surface area contributed by atoms with Crippen LogP contribution in [0.15, 0.2) is 48.5 Å². The zero-order valence-corrected chi connectivity index (χ0v) is 12.7. The zero-order chi connectivity index (χ0) is 14.2. The Hall–Kier alpha value is -1.35. The highest BCUT2D eigenvalue weighted by molar-refractivity contribution is 6.30. The van der Waals surface area contributed by atoms with Crippen LogP contribution >= 0.6 is 11.6 Å². The second-order valence-electron chi connectivity index (χ2n) is 6.15. The quantitative estimate of drug-likeness (QED) is 0.932. The van der Waals surface area contributed by atoms with Crippen molar-refractivity contribution in [1.82, 2.24) is 10.2 Å². The molecule has 5 rings (SSSR count). The third kappa shape index (κ3) is 2.71. The minimum atomic E-state index is 0.714. The molecule has 3 aliphatic rings. The van der Waals surface area contributed by atoms with Crippen LogP contribution in [-0.4, -0.2) is 30.1 Å². The molecular formula is C18H19ClN2. The number of halogens is 1. The van der Waals surface area contributed by atoms with Crippen molar-refractivity contribution in [3.8, 4) is 11.1 Å². The Morgan fingerprint density at radius 3 is 2.38 bits per heavy atom. The maximum atomic E-state index is 6.00. The number of piperidine rings is 1. The van der Waals surface area contributed by atoms with E-state index in [9.17, 15) is 0 Å². The number of nitrogens with zero attached hydrogens (tertiary/aromatic N) is 1. The number of rotatable bonds is 3. The fourth-order valence-electron chi connectivity index (χ4n) is 3.54. The van der Waals surface area contributed by atoms with Gasteiger partial charge in [0.1, 0.15) is 0 Å². The molecule has 0 aromatic heterocycles. The summed E-state index contributed by atoms with van der Waals surface area (Å²) >= 11 is 6.00. The molecule has 21 heavy (non-hydrogen) atoms. The van der Waals surface area contributed by atoms with Crippen LogP contribution in [0.3, 0.4) is 0 Å². The molecule has 3 heterocycles. The number of piperazine rings is 1. The Balaban J connectivity index is 1.58. The minimum Gasteiger partial charge on any atom is -0.309 e. The summed E-state index contributed by atoms with van der Waals surface area (Å²) in [5.41, 5.74) is 3.97. The molecule has 2 aromatic carbocycles. The van der Waals surface area contributed by atoms with Crippen molar-refractivity contribution in [2.75, 3.05) is 13.1 Å². The summed E-state index contributed by atoms with van der Waals surface area (Å²) in [5, 5.41) is 4.38. The summed E-state index contributed by atoms with van der Waals surface area (Å²) < 4.78 is 0. The maximum Gasteiger partial charge on any atom is 0.0406 e. The normalized spacial score (nSPS) is 24.6. The summed E-state index contributed by atoms with van der Waals surface area (Å²) in [4.78, 5) is 2.57. The fourth-order valence-corrected chi connectivity index (χ4v) is 3.67. The highest BCUT2D eigenvalue weighted by Crippen LogP contribution is 2.28. The van der Waals surface area contributed by atoms with Gasteiger partial charge in [0.15, 0.2) is 0 Å². The molecule has 3 fully saturated rings. The average molecular weight is 299 g/mol. The Morgan fingerprint density at radius 2 is 1.67 bits per heavy atom. The van der Waals surface area contributed by atoms with Gasteiger partial charge in [0.05, 0.1) is 0 Å². The molecule has 2 aromatic rings. The largest absolute Gasteiger partial charge is 0.309 e. The molecule has 2 atom stereocenters. The van der Waals surface area contributed by atoms with Gasteiger partial charge < -0.3 is 5.32 Å². The third-order valence-electron chi connectivity index (χ3n) is 4.56. The summed E-state index contributed by atoms with van der Waals surface area (Å²) in [6.07, 6.45) is 1.36. The van der Waals surface area contributed by atoms with Crippen molar-refractivity contribution in [1.29, 1.82) is 0 Å². The summed E-state index contributed by atoms with van der Waals surface area (Å²) in [7, 11) is 0. The first-order valence-electron chi connectivity index (χ1n) is 7.60. The summed E-state index contributed by atoms with van der Waals surface area (Å²) in [6.45, 7) is 3.38. The molecular weight excluding hydrogens is 280 g/mol. The van der Waals surface area contributed by atoms with Gasteiger partial charge in [-0.05, 0) is 35.2 Å². The van der Waals surface area contributed by atoms with Gasteiger partial charge in [-0.15, -0.1) is 0 Å². The molecule has 108 valence electrons. The van der Waals surface area contributed by atoms with Gasteiger partial charge in [0.25, 0.3) is 0 Å². The van der Waals surface area contributed by atoms with Crippen LogP contribution in [0.5, 0.6) is 0 Å². The Kier molecular flexibility index (Phi) is 3.46. The molecule has 0 radical (unpaired) electrons. The van der Waals surface area contributed by atoms with Crippen molar-refractivity contribution in [2.24, 2.45) is 0 Å². The van der Waals surface area contributed by atoms with Crippen LogP contribution in [-0.2, 0) is 6.54 Å². The first-order valence-corrected chi connectivity index (χ1v) is 7.98. The van der Waals surface area contributed by atoms with Crippen LogP contribution in [0, 0.1) is 0 Å². The molecule has 0 spiro atoms. The van der Waals surface area contributed by atoms with E-state index >= 15 is 0 Å². The lowest BCUT2D eigenvalue weighted by Gasteiger charge is -2.48. The van der Waals surface area contributed by atoms with Crippen molar-refractivity contribution in [3.63, 3.8) is 0 Å². The Labute approximate surface area is 130 Å². The van der Waals surface area contributed by atoms with Crippen LogP contribution in [0.25, 0.3) is 11.1 Å². The van der Waals surface area contributed by atoms with E-state index in [0.717, 1.165) is 11.6 Å². The second-order valence-corrected chi connectivity index (χ2v) is 6.59. The van der Waals surface area contributed by atoms with Gasteiger partial charge in [-0.2, -0.15) is 0 Å². The lowest BCUT2D eigenvalue weighted by atomic mass is 9.90. The monoisotopic (exact) mass is 298 g/mol. The number of hydrogen-bond donors (Lipinski definition) is 1. The molecule has 2 nitrogen and oxygen atoms in total. The molecule has 2 bridgehead atoms. The van der Waals surface area contributed by atoms with E-state index in [1.807, 2.05) is 12.1 Å². The Bertz CT molecular complexity index is 622. The van der Waals surface area contributed by atoms with E-state index < -0.39 is 0 Å². The van der Waals surface area contributed by atoms with Gasteiger partial charge in [-0.3, -0.25) is 4.90 Å². The van der Waals surface area contributed by atoms with Crippen LogP contribution < -0.4 is 5.32 Å². The molecule has 2 unspecified atom stereocenters. The van der Waals surface area contributed by atoms with Crippen molar-refractivity contribution < 1.29 is 0 Å².